The summed E-state index contributed by atoms with van der Waals surface area (Å²) in [5.41, 5.74) is 4.74. The topological polar surface area (TPSA) is 82.6 Å². The fraction of sp³-hybridized carbons (Fsp3) is 0.429. The smallest absolute Gasteiger partial charge is 0.355 e. The van der Waals surface area contributed by atoms with Crippen molar-refractivity contribution in [3.05, 3.63) is 57.9 Å². The van der Waals surface area contributed by atoms with Gasteiger partial charge in [0.05, 0.1) is 6.10 Å². The summed E-state index contributed by atoms with van der Waals surface area (Å²) >= 11 is 0. The number of hydrogen-bond donors (Lipinski definition) is 2. The first-order chi connectivity index (χ1) is 12.8. The minimum atomic E-state index is -0.874. The van der Waals surface area contributed by atoms with E-state index in [9.17, 15) is 14.7 Å². The van der Waals surface area contributed by atoms with Gasteiger partial charge in [-0.15, -0.1) is 0 Å². The Morgan fingerprint density at radius 3 is 2.48 bits per heavy atom. The maximum absolute atomic E-state index is 12.7. The number of rotatable bonds is 4. The molecule has 2 aromatic rings. The van der Waals surface area contributed by atoms with Crippen molar-refractivity contribution in [1.82, 2.24) is 9.88 Å². The first-order valence-corrected chi connectivity index (χ1v) is 9.23. The Hall–Kier alpha value is -2.60. The van der Waals surface area contributed by atoms with E-state index < -0.39 is 18.2 Å². The maximum atomic E-state index is 12.7. The molecule has 6 heteroatoms. The lowest BCUT2D eigenvalue weighted by molar-refractivity contribution is -0.140. The van der Waals surface area contributed by atoms with Crippen LogP contribution in [0, 0.1) is 13.8 Å². The Morgan fingerprint density at radius 1 is 1.19 bits per heavy atom. The number of aliphatic hydroxyl groups is 1. The number of ether oxygens (including phenoxy) is 1. The van der Waals surface area contributed by atoms with Crippen molar-refractivity contribution in [2.45, 2.75) is 52.9 Å². The van der Waals surface area contributed by atoms with E-state index in [0.717, 1.165) is 17.7 Å². The molecule has 2 heterocycles. The van der Waals surface area contributed by atoms with Crippen LogP contribution in [-0.2, 0) is 22.5 Å². The monoisotopic (exact) mass is 370 g/mol. The molecule has 6 nitrogen and oxygen atoms in total. The van der Waals surface area contributed by atoms with E-state index in [4.69, 9.17) is 4.74 Å². The van der Waals surface area contributed by atoms with Gasteiger partial charge >= 0.3 is 5.97 Å². The Balaban J connectivity index is 1.69. The van der Waals surface area contributed by atoms with Crippen LogP contribution in [0.2, 0.25) is 0 Å². The zero-order valence-corrected chi connectivity index (χ0v) is 16.2. The van der Waals surface area contributed by atoms with Gasteiger partial charge in [-0.2, -0.15) is 0 Å². The van der Waals surface area contributed by atoms with E-state index in [2.05, 4.69) is 11.1 Å². The van der Waals surface area contributed by atoms with Crippen LogP contribution in [0.4, 0.5) is 0 Å². The number of aryl methyl sites for hydroxylation is 1. The maximum Gasteiger partial charge on any atom is 0.355 e. The van der Waals surface area contributed by atoms with Crippen LogP contribution in [-0.4, -0.2) is 39.5 Å². The van der Waals surface area contributed by atoms with Crippen molar-refractivity contribution >= 4 is 11.9 Å². The van der Waals surface area contributed by atoms with Gasteiger partial charge in [0.15, 0.2) is 6.10 Å². The summed E-state index contributed by atoms with van der Waals surface area (Å²) < 4.78 is 5.43. The molecular weight excluding hydrogens is 344 g/mol. The lowest BCUT2D eigenvalue weighted by Crippen LogP contribution is -2.42. The Kier molecular flexibility index (Phi) is 5.37. The predicted octanol–water partition coefficient (Wildman–Crippen LogP) is 2.82. The SMILES string of the molecule is Cc1[nH]c(C(=O)O[C@@H](C)C(=O)N2CCc3ccccc3C2)c(C)c1[C@H](C)O. The van der Waals surface area contributed by atoms with Crippen LogP contribution < -0.4 is 0 Å². The van der Waals surface area contributed by atoms with Gasteiger partial charge in [-0.3, -0.25) is 4.79 Å². The van der Waals surface area contributed by atoms with Crippen LogP contribution in [0.3, 0.4) is 0 Å². The highest BCUT2D eigenvalue weighted by atomic mass is 16.5. The van der Waals surface area contributed by atoms with Gasteiger partial charge in [-0.05, 0) is 50.8 Å². The van der Waals surface area contributed by atoms with Crippen molar-refractivity contribution in [3.8, 4) is 0 Å². The van der Waals surface area contributed by atoms with E-state index >= 15 is 0 Å². The largest absolute Gasteiger partial charge is 0.448 e. The quantitative estimate of drug-likeness (QED) is 0.811. The molecule has 1 aliphatic rings. The number of nitrogens with one attached hydrogen (secondary N) is 1. The van der Waals surface area contributed by atoms with Gasteiger partial charge in [-0.25, -0.2) is 4.79 Å². The number of carbonyl (C=O) groups is 2. The second-order valence-corrected chi connectivity index (χ2v) is 7.17. The second-order valence-electron chi connectivity index (χ2n) is 7.17. The second kappa shape index (κ2) is 7.56. The molecular formula is C21H26N2O4. The molecule has 0 spiro atoms. The summed E-state index contributed by atoms with van der Waals surface area (Å²) in [6, 6.07) is 8.07. The average Bonchev–Trinajstić information content (AvgIpc) is 2.95. The van der Waals surface area contributed by atoms with E-state index in [-0.39, 0.29) is 11.6 Å². The van der Waals surface area contributed by atoms with Crippen molar-refractivity contribution < 1.29 is 19.4 Å². The summed E-state index contributed by atoms with van der Waals surface area (Å²) in [6.45, 7) is 7.95. The summed E-state index contributed by atoms with van der Waals surface area (Å²) in [7, 11) is 0. The predicted molar refractivity (Wildman–Crippen MR) is 101 cm³/mol. The van der Waals surface area contributed by atoms with E-state index in [1.807, 2.05) is 18.2 Å². The molecule has 27 heavy (non-hydrogen) atoms. The summed E-state index contributed by atoms with van der Waals surface area (Å²) in [5, 5.41) is 9.87. The number of hydrogen-bond acceptors (Lipinski definition) is 4. The van der Waals surface area contributed by atoms with Gasteiger partial charge in [0.1, 0.15) is 5.69 Å². The number of benzene rings is 1. The molecule has 0 aliphatic carbocycles. The van der Waals surface area contributed by atoms with Crippen molar-refractivity contribution in [1.29, 1.82) is 0 Å². The molecule has 2 atom stereocenters. The molecule has 0 saturated carbocycles. The molecule has 1 amide bonds. The molecule has 1 aromatic carbocycles. The Morgan fingerprint density at radius 2 is 1.85 bits per heavy atom. The van der Waals surface area contributed by atoms with Crippen LogP contribution in [0.25, 0.3) is 0 Å². The first-order valence-electron chi connectivity index (χ1n) is 9.23. The van der Waals surface area contributed by atoms with E-state index in [0.29, 0.717) is 24.2 Å². The number of H-pyrrole nitrogens is 1. The summed E-state index contributed by atoms with van der Waals surface area (Å²) in [4.78, 5) is 30.0. The minimum absolute atomic E-state index is 0.200. The normalized spacial score (nSPS) is 15.8. The highest BCUT2D eigenvalue weighted by Crippen LogP contribution is 2.25. The zero-order valence-electron chi connectivity index (χ0n) is 16.2. The molecule has 2 N–H and O–H groups in total. The molecule has 0 unspecified atom stereocenters. The number of amides is 1. The van der Waals surface area contributed by atoms with Gasteiger partial charge in [0.25, 0.3) is 5.91 Å². The van der Waals surface area contributed by atoms with Crippen molar-refractivity contribution in [3.63, 3.8) is 0 Å². The number of nitrogens with zero attached hydrogens (tertiary/aromatic N) is 1. The van der Waals surface area contributed by atoms with E-state index in [1.54, 1.807) is 32.6 Å². The number of esters is 1. The molecule has 0 bridgehead atoms. The summed E-state index contributed by atoms with van der Waals surface area (Å²) in [5.74, 6) is -0.782. The van der Waals surface area contributed by atoms with E-state index in [1.165, 1.54) is 5.56 Å². The van der Waals surface area contributed by atoms with Crippen LogP contribution in [0.15, 0.2) is 24.3 Å². The third kappa shape index (κ3) is 3.76. The number of fused-ring (bicyclic) bond motifs is 1. The molecule has 0 fully saturated rings. The van der Waals surface area contributed by atoms with Crippen LogP contribution >= 0.6 is 0 Å². The Bertz CT molecular complexity index is 869. The average molecular weight is 370 g/mol. The molecule has 0 saturated heterocycles. The third-order valence-electron chi connectivity index (χ3n) is 5.19. The molecule has 144 valence electrons. The number of aliphatic hydroxyl groups excluding tert-OH is 1. The fourth-order valence-corrected chi connectivity index (χ4v) is 3.81. The van der Waals surface area contributed by atoms with Crippen molar-refractivity contribution in [2.24, 2.45) is 0 Å². The summed E-state index contributed by atoms with van der Waals surface area (Å²) in [6.07, 6.45) is -0.758. The van der Waals surface area contributed by atoms with Gasteiger partial charge < -0.3 is 19.7 Å². The standard InChI is InChI=1S/C21H26N2O4/c1-12-18(14(3)24)13(2)22-19(12)21(26)27-15(4)20(25)23-10-9-16-7-5-6-8-17(16)11-23/h5-8,14-15,22,24H,9-11H2,1-4H3/t14-,15-/m0/s1. The number of aromatic amines is 1. The highest BCUT2D eigenvalue weighted by Gasteiger charge is 2.29. The minimum Gasteiger partial charge on any atom is -0.448 e. The van der Waals surface area contributed by atoms with Gasteiger partial charge in [0, 0.05) is 24.3 Å². The Labute approximate surface area is 159 Å². The lowest BCUT2D eigenvalue weighted by atomic mass is 9.99. The molecule has 3 rings (SSSR count). The van der Waals surface area contributed by atoms with Crippen LogP contribution in [0.1, 0.15) is 58.4 Å². The van der Waals surface area contributed by atoms with Crippen LogP contribution in [0.5, 0.6) is 0 Å². The molecule has 0 radical (unpaired) electrons. The highest BCUT2D eigenvalue weighted by molar-refractivity contribution is 5.92. The third-order valence-corrected chi connectivity index (χ3v) is 5.19. The first kappa shape index (κ1) is 19.2. The number of carbonyl (C=O) groups excluding carboxylic acids is 2. The lowest BCUT2D eigenvalue weighted by Gasteiger charge is -2.30. The fourth-order valence-electron chi connectivity index (χ4n) is 3.81. The molecule has 1 aliphatic heterocycles. The number of aromatic nitrogens is 1. The van der Waals surface area contributed by atoms with Gasteiger partial charge in [-0.1, -0.05) is 24.3 Å². The molecule has 1 aromatic heterocycles. The van der Waals surface area contributed by atoms with Gasteiger partial charge in [0.2, 0.25) is 0 Å². The zero-order chi connectivity index (χ0) is 19.7. The van der Waals surface area contributed by atoms with Crippen molar-refractivity contribution in [2.75, 3.05) is 6.54 Å².